The fourth-order valence-electron chi connectivity index (χ4n) is 3.35. The van der Waals surface area contributed by atoms with E-state index in [4.69, 9.17) is 23.4 Å². The molecule has 2 aromatic carbocycles. The summed E-state index contributed by atoms with van der Waals surface area (Å²) in [5.74, 6) is -0.694. The van der Waals surface area contributed by atoms with Gasteiger partial charge in [0.05, 0.1) is 31.9 Å². The van der Waals surface area contributed by atoms with Crippen LogP contribution in [0, 0.1) is 0 Å². The van der Waals surface area contributed by atoms with Gasteiger partial charge in [-0.05, 0) is 29.8 Å². The molecule has 0 spiro atoms. The normalized spacial score (nSPS) is 13.3. The molecule has 29 heavy (non-hydrogen) atoms. The van der Waals surface area contributed by atoms with E-state index in [0.29, 0.717) is 28.4 Å². The third-order valence-electron chi connectivity index (χ3n) is 4.80. The van der Waals surface area contributed by atoms with Crippen LogP contribution in [0.3, 0.4) is 0 Å². The molecule has 0 saturated carbocycles. The zero-order valence-electron chi connectivity index (χ0n) is 15.8. The molecule has 0 aliphatic carbocycles. The average Bonchev–Trinajstić information content (AvgIpc) is 3.22. The Morgan fingerprint density at radius 1 is 1.21 bits per heavy atom. The Morgan fingerprint density at radius 2 is 2.00 bits per heavy atom. The minimum atomic E-state index is -0.817. The van der Waals surface area contributed by atoms with Crippen LogP contribution in [0.4, 0.5) is 0 Å². The monoisotopic (exact) mass is 398 g/mol. The van der Waals surface area contributed by atoms with Crippen LogP contribution in [0.15, 0.2) is 45.6 Å². The first-order valence-corrected chi connectivity index (χ1v) is 8.82. The van der Waals surface area contributed by atoms with E-state index in [1.54, 1.807) is 36.4 Å². The molecule has 1 atom stereocenters. The van der Waals surface area contributed by atoms with E-state index in [0.717, 1.165) is 0 Å². The van der Waals surface area contributed by atoms with E-state index in [2.05, 4.69) is 0 Å². The third-order valence-corrected chi connectivity index (χ3v) is 4.80. The number of hydrogen-bond acceptors (Lipinski definition) is 8. The number of carbonyl (C=O) groups excluding carboxylic acids is 1. The molecule has 0 amide bonds. The lowest BCUT2D eigenvalue weighted by molar-refractivity contribution is -0.140. The maximum absolute atomic E-state index is 12.7. The van der Waals surface area contributed by atoms with E-state index in [1.807, 2.05) is 0 Å². The first-order valence-electron chi connectivity index (χ1n) is 8.82. The van der Waals surface area contributed by atoms with Crippen LogP contribution in [0.1, 0.15) is 23.7 Å². The first-order chi connectivity index (χ1) is 14.0. The molecule has 1 aliphatic heterocycles. The SMILES string of the molecule is COC(=O)C[C@@H](c1cc(OC)c2c(c1)OCO2)c1oc2ccccc2c(=O)c1O. The maximum Gasteiger partial charge on any atom is 0.306 e. The van der Waals surface area contributed by atoms with Gasteiger partial charge < -0.3 is 28.5 Å². The summed E-state index contributed by atoms with van der Waals surface area (Å²) in [6.07, 6.45) is -0.172. The van der Waals surface area contributed by atoms with Crippen molar-refractivity contribution >= 4 is 16.9 Å². The number of hydrogen-bond donors (Lipinski definition) is 1. The largest absolute Gasteiger partial charge is 0.502 e. The molecule has 1 N–H and O–H groups in total. The van der Waals surface area contributed by atoms with Gasteiger partial charge in [-0.3, -0.25) is 9.59 Å². The summed E-state index contributed by atoms with van der Waals surface area (Å²) >= 11 is 0. The second-order valence-electron chi connectivity index (χ2n) is 6.43. The first kappa shape index (κ1) is 18.7. The molecule has 150 valence electrons. The molecule has 2 heterocycles. The molecule has 1 aromatic heterocycles. The Hall–Kier alpha value is -3.68. The van der Waals surface area contributed by atoms with Crippen molar-refractivity contribution in [3.8, 4) is 23.0 Å². The molecular formula is C21H18O8. The molecule has 0 fully saturated rings. The van der Waals surface area contributed by atoms with Gasteiger partial charge in [-0.15, -0.1) is 0 Å². The van der Waals surface area contributed by atoms with Gasteiger partial charge in [0.15, 0.2) is 17.3 Å². The second kappa shape index (κ2) is 7.38. The van der Waals surface area contributed by atoms with Gasteiger partial charge in [-0.25, -0.2) is 0 Å². The molecule has 0 unspecified atom stereocenters. The van der Waals surface area contributed by atoms with Crippen molar-refractivity contribution in [3.63, 3.8) is 0 Å². The molecule has 0 bridgehead atoms. The van der Waals surface area contributed by atoms with Crippen molar-refractivity contribution in [2.24, 2.45) is 0 Å². The predicted octanol–water partition coefficient (Wildman–Crippen LogP) is 2.93. The van der Waals surface area contributed by atoms with Gasteiger partial charge in [0.1, 0.15) is 5.58 Å². The second-order valence-corrected chi connectivity index (χ2v) is 6.43. The summed E-state index contributed by atoms with van der Waals surface area (Å²) in [5, 5.41) is 10.8. The number of para-hydroxylation sites is 1. The van der Waals surface area contributed by atoms with Crippen molar-refractivity contribution in [1.29, 1.82) is 0 Å². The molecule has 0 saturated heterocycles. The van der Waals surface area contributed by atoms with Crippen LogP contribution in [-0.4, -0.2) is 32.1 Å². The quantitative estimate of drug-likeness (QED) is 0.654. The summed E-state index contributed by atoms with van der Waals surface area (Å²) in [7, 11) is 2.74. The zero-order chi connectivity index (χ0) is 20.5. The van der Waals surface area contributed by atoms with Crippen molar-refractivity contribution in [1.82, 2.24) is 0 Å². The summed E-state index contributed by atoms with van der Waals surface area (Å²) in [6.45, 7) is 0.0348. The number of ether oxygens (including phenoxy) is 4. The van der Waals surface area contributed by atoms with Crippen LogP contribution in [0.2, 0.25) is 0 Å². The van der Waals surface area contributed by atoms with Crippen LogP contribution in [0.25, 0.3) is 11.0 Å². The van der Waals surface area contributed by atoms with E-state index >= 15 is 0 Å². The smallest absolute Gasteiger partial charge is 0.306 e. The number of esters is 1. The van der Waals surface area contributed by atoms with Gasteiger partial charge in [0.2, 0.25) is 23.7 Å². The lowest BCUT2D eigenvalue weighted by Gasteiger charge is -2.18. The number of methoxy groups -OCH3 is 2. The average molecular weight is 398 g/mol. The van der Waals surface area contributed by atoms with E-state index < -0.39 is 23.1 Å². The minimum absolute atomic E-state index is 0.0348. The summed E-state index contributed by atoms with van der Waals surface area (Å²) in [4.78, 5) is 24.8. The van der Waals surface area contributed by atoms with Gasteiger partial charge >= 0.3 is 5.97 Å². The third kappa shape index (κ3) is 3.22. The lowest BCUT2D eigenvalue weighted by Crippen LogP contribution is -2.14. The Balaban J connectivity index is 1.93. The van der Waals surface area contributed by atoms with E-state index in [-0.39, 0.29) is 24.4 Å². The highest BCUT2D eigenvalue weighted by molar-refractivity contribution is 5.78. The van der Waals surface area contributed by atoms with Crippen molar-refractivity contribution in [2.75, 3.05) is 21.0 Å². The Kier molecular flexibility index (Phi) is 4.75. The molecule has 8 nitrogen and oxygen atoms in total. The number of fused-ring (bicyclic) bond motifs is 2. The number of carbonyl (C=O) groups is 1. The standard InChI is InChI=1S/C21H18O8/c1-25-15-7-11(8-16-21(15)28-10-27-16)13(9-17(22)26-2)20-19(24)18(23)12-5-3-4-6-14(12)29-20/h3-8,13,24H,9-10H2,1-2H3/t13-/m0/s1. The van der Waals surface area contributed by atoms with Crippen molar-refractivity contribution in [2.45, 2.75) is 12.3 Å². The van der Waals surface area contributed by atoms with Gasteiger partial charge in [-0.1, -0.05) is 12.1 Å². The van der Waals surface area contributed by atoms with Crippen LogP contribution in [-0.2, 0) is 9.53 Å². The Morgan fingerprint density at radius 3 is 2.76 bits per heavy atom. The highest BCUT2D eigenvalue weighted by Crippen LogP contribution is 2.45. The topological polar surface area (TPSA) is 104 Å². The number of aromatic hydroxyl groups is 1. The van der Waals surface area contributed by atoms with Crippen LogP contribution in [0.5, 0.6) is 23.0 Å². The zero-order valence-corrected chi connectivity index (χ0v) is 15.8. The summed E-state index contributed by atoms with van der Waals surface area (Å²) in [5.41, 5.74) is 0.252. The van der Waals surface area contributed by atoms with Crippen molar-refractivity contribution < 1.29 is 33.3 Å². The Labute approximate surface area is 165 Å². The summed E-state index contributed by atoms with van der Waals surface area (Å²) in [6, 6.07) is 9.87. The molecule has 1 aliphatic rings. The van der Waals surface area contributed by atoms with Gasteiger partial charge in [0, 0.05) is 0 Å². The predicted molar refractivity (Wildman–Crippen MR) is 102 cm³/mol. The summed E-state index contributed by atoms with van der Waals surface area (Å²) < 4.78 is 26.9. The Bertz CT molecular complexity index is 1150. The highest BCUT2D eigenvalue weighted by Gasteiger charge is 2.30. The van der Waals surface area contributed by atoms with E-state index in [1.165, 1.54) is 14.2 Å². The maximum atomic E-state index is 12.7. The van der Waals surface area contributed by atoms with Crippen molar-refractivity contribution in [3.05, 3.63) is 57.9 Å². The van der Waals surface area contributed by atoms with E-state index in [9.17, 15) is 14.7 Å². The molecular weight excluding hydrogens is 380 g/mol. The molecule has 0 radical (unpaired) electrons. The fraction of sp³-hybridized carbons (Fsp3) is 0.238. The molecule has 3 aromatic rings. The number of rotatable bonds is 5. The highest BCUT2D eigenvalue weighted by atomic mass is 16.7. The minimum Gasteiger partial charge on any atom is -0.502 e. The van der Waals surface area contributed by atoms with Crippen LogP contribution < -0.4 is 19.6 Å². The molecule has 8 heteroatoms. The van der Waals surface area contributed by atoms with Crippen LogP contribution >= 0.6 is 0 Å². The van der Waals surface area contributed by atoms with Gasteiger partial charge in [0.25, 0.3) is 0 Å². The van der Waals surface area contributed by atoms with Gasteiger partial charge in [-0.2, -0.15) is 0 Å². The lowest BCUT2D eigenvalue weighted by atomic mass is 9.91. The fourth-order valence-corrected chi connectivity index (χ4v) is 3.35. The molecule has 4 rings (SSSR count). The number of benzene rings is 2.